The van der Waals surface area contributed by atoms with Crippen LogP contribution in [0.2, 0.25) is 0 Å². The van der Waals surface area contributed by atoms with E-state index in [0.717, 1.165) is 35.6 Å². The average Bonchev–Trinajstić information content (AvgIpc) is 3.34. The van der Waals surface area contributed by atoms with Crippen LogP contribution in [-0.4, -0.2) is 35.4 Å². The molecule has 7 heteroatoms. The Morgan fingerprint density at radius 1 is 1.23 bits per heavy atom. The van der Waals surface area contributed by atoms with Crippen molar-refractivity contribution >= 4 is 44.7 Å². The number of hydrogen-bond donors (Lipinski definition) is 2. The molecule has 30 heavy (non-hydrogen) atoms. The number of hydrogen-bond acceptors (Lipinski definition) is 4. The van der Waals surface area contributed by atoms with Crippen molar-refractivity contribution in [2.45, 2.75) is 38.3 Å². The van der Waals surface area contributed by atoms with E-state index in [2.05, 4.69) is 11.4 Å². The zero-order valence-corrected chi connectivity index (χ0v) is 18.0. The molecule has 1 aromatic heterocycles. The monoisotopic (exact) mass is 421 g/mol. The van der Waals surface area contributed by atoms with Crippen molar-refractivity contribution in [3.8, 4) is 0 Å². The van der Waals surface area contributed by atoms with Crippen molar-refractivity contribution in [3.63, 3.8) is 0 Å². The van der Waals surface area contributed by atoms with Gasteiger partial charge in [0.2, 0.25) is 5.91 Å². The third-order valence-corrected chi connectivity index (χ3v) is 7.38. The van der Waals surface area contributed by atoms with Crippen molar-refractivity contribution in [2.24, 2.45) is 0 Å². The second-order valence-corrected chi connectivity index (χ2v) is 9.62. The zero-order chi connectivity index (χ0) is 20.9. The molecular formula is C23H25N4O2S+. The van der Waals surface area contributed by atoms with Crippen LogP contribution in [0.15, 0.2) is 48.5 Å². The first kappa shape index (κ1) is 19.2. The summed E-state index contributed by atoms with van der Waals surface area (Å²) < 4.78 is 1.19. The molecule has 3 aromatic rings. The van der Waals surface area contributed by atoms with Crippen molar-refractivity contribution in [1.29, 1.82) is 0 Å². The zero-order valence-electron chi connectivity index (χ0n) is 17.1. The number of carbonyl (C=O) groups excluding carboxylic acids is 2. The largest absolute Gasteiger partial charge is 0.322 e. The number of carbonyl (C=O) groups is 2. The molecule has 2 atom stereocenters. The van der Waals surface area contributed by atoms with Crippen molar-refractivity contribution in [3.05, 3.63) is 53.5 Å². The number of benzene rings is 2. The summed E-state index contributed by atoms with van der Waals surface area (Å²) in [4.78, 5) is 34.0. The molecule has 2 aliphatic rings. The molecule has 0 aliphatic carbocycles. The van der Waals surface area contributed by atoms with Crippen molar-refractivity contribution in [1.82, 2.24) is 4.98 Å². The Kier molecular flexibility index (Phi) is 4.60. The molecular weight excluding hydrogens is 396 g/mol. The molecule has 5 rings (SSSR count). The second-order valence-electron chi connectivity index (χ2n) is 8.56. The number of likely N-dealkylation sites (tertiary alicyclic amines) is 1. The number of amides is 2. The lowest BCUT2D eigenvalue weighted by Crippen LogP contribution is -3.11. The summed E-state index contributed by atoms with van der Waals surface area (Å²) in [5.74, 6) is -0.181. The maximum absolute atomic E-state index is 13.5. The number of nitrogens with one attached hydrogen (secondary N) is 2. The summed E-state index contributed by atoms with van der Waals surface area (Å²) in [6.45, 7) is 4.90. The van der Waals surface area contributed by atoms with Crippen LogP contribution in [-0.2, 0) is 9.59 Å². The van der Waals surface area contributed by atoms with E-state index in [-0.39, 0.29) is 17.9 Å². The normalized spacial score (nSPS) is 22.7. The summed E-state index contributed by atoms with van der Waals surface area (Å²) >= 11 is 1.73. The van der Waals surface area contributed by atoms with Gasteiger partial charge in [0.05, 0.1) is 28.1 Å². The first-order chi connectivity index (χ1) is 14.4. The Morgan fingerprint density at radius 3 is 2.83 bits per heavy atom. The van der Waals surface area contributed by atoms with E-state index in [4.69, 9.17) is 4.98 Å². The minimum absolute atomic E-state index is 0.0229. The quantitative estimate of drug-likeness (QED) is 0.683. The molecule has 6 nitrogen and oxygen atoms in total. The highest BCUT2D eigenvalue weighted by Crippen LogP contribution is 2.36. The lowest BCUT2D eigenvalue weighted by atomic mass is 9.96. The molecule has 0 saturated carbocycles. The van der Waals surface area contributed by atoms with E-state index in [9.17, 15) is 9.59 Å². The number of nitrogens with zero attached hydrogens (tertiary/aromatic N) is 2. The van der Waals surface area contributed by atoms with Gasteiger partial charge in [-0.1, -0.05) is 24.3 Å². The predicted molar refractivity (Wildman–Crippen MR) is 119 cm³/mol. The molecule has 1 unspecified atom stereocenters. The summed E-state index contributed by atoms with van der Waals surface area (Å²) in [7, 11) is 0. The molecule has 2 aliphatic heterocycles. The van der Waals surface area contributed by atoms with Gasteiger partial charge in [-0.15, -0.1) is 11.3 Å². The van der Waals surface area contributed by atoms with E-state index in [0.29, 0.717) is 12.2 Å². The summed E-state index contributed by atoms with van der Waals surface area (Å²) in [6.07, 6.45) is 2.10. The van der Waals surface area contributed by atoms with Crippen LogP contribution in [0.4, 0.5) is 11.4 Å². The van der Waals surface area contributed by atoms with Crippen LogP contribution >= 0.6 is 11.3 Å². The number of aromatic nitrogens is 1. The number of rotatable bonds is 3. The fourth-order valence-corrected chi connectivity index (χ4v) is 5.79. The van der Waals surface area contributed by atoms with Gasteiger partial charge in [0, 0.05) is 12.8 Å². The predicted octanol–water partition coefficient (Wildman–Crippen LogP) is 2.78. The lowest BCUT2D eigenvalue weighted by Gasteiger charge is -2.42. The molecule has 0 bridgehead atoms. The third-order valence-electron chi connectivity index (χ3n) is 6.23. The number of quaternary nitrogens is 1. The SMILES string of the molecule is CC1(C)C(=O)Nc2ccccc2N1C(=O)C[NH+]1CCC[C@@H]1c1nc2ccccc2s1. The minimum atomic E-state index is -0.935. The van der Waals surface area contributed by atoms with Crippen LogP contribution in [0.25, 0.3) is 10.2 Å². The lowest BCUT2D eigenvalue weighted by molar-refractivity contribution is -0.910. The number of anilines is 2. The minimum Gasteiger partial charge on any atom is -0.322 e. The molecule has 3 heterocycles. The molecule has 2 aromatic carbocycles. The van der Waals surface area contributed by atoms with E-state index in [1.165, 1.54) is 9.60 Å². The van der Waals surface area contributed by atoms with Gasteiger partial charge in [-0.2, -0.15) is 0 Å². The van der Waals surface area contributed by atoms with Gasteiger partial charge in [-0.3, -0.25) is 14.5 Å². The molecule has 2 N–H and O–H groups in total. The average molecular weight is 422 g/mol. The Balaban J connectivity index is 1.43. The molecule has 0 radical (unpaired) electrons. The van der Waals surface area contributed by atoms with Gasteiger partial charge in [0.15, 0.2) is 11.6 Å². The fraction of sp³-hybridized carbons (Fsp3) is 0.348. The first-order valence-electron chi connectivity index (χ1n) is 10.4. The van der Waals surface area contributed by atoms with E-state index in [1.54, 1.807) is 30.1 Å². The van der Waals surface area contributed by atoms with E-state index >= 15 is 0 Å². The topological polar surface area (TPSA) is 66.7 Å². The van der Waals surface area contributed by atoms with Gasteiger partial charge in [0.25, 0.3) is 5.91 Å². The Labute approximate surface area is 179 Å². The summed E-state index contributed by atoms with van der Waals surface area (Å²) in [5.41, 5.74) is 1.55. The van der Waals surface area contributed by atoms with Crippen LogP contribution in [0.5, 0.6) is 0 Å². The van der Waals surface area contributed by atoms with Gasteiger partial charge >= 0.3 is 0 Å². The second kappa shape index (κ2) is 7.18. The standard InChI is InChI=1S/C23H24N4O2S/c1-23(2)22(29)25-15-8-3-5-10-17(15)27(23)20(28)14-26-13-7-11-18(26)21-24-16-9-4-6-12-19(16)30-21/h3-6,8-10,12,18H,7,11,13-14H2,1-2H3,(H,25,29)/p+1/t18-/m1/s1. The van der Waals surface area contributed by atoms with Crippen LogP contribution in [0, 0.1) is 0 Å². The highest BCUT2D eigenvalue weighted by Gasteiger charge is 2.45. The summed E-state index contributed by atoms with van der Waals surface area (Å²) in [6, 6.07) is 15.9. The third kappa shape index (κ3) is 3.09. The maximum Gasteiger partial charge on any atom is 0.283 e. The first-order valence-corrected chi connectivity index (χ1v) is 11.2. The van der Waals surface area contributed by atoms with Gasteiger partial charge < -0.3 is 10.2 Å². The van der Waals surface area contributed by atoms with Gasteiger partial charge in [-0.25, -0.2) is 4.98 Å². The van der Waals surface area contributed by atoms with Gasteiger partial charge in [0.1, 0.15) is 11.6 Å². The Hall–Kier alpha value is -2.77. The maximum atomic E-state index is 13.5. The van der Waals surface area contributed by atoms with E-state index in [1.807, 2.05) is 42.5 Å². The molecule has 1 fully saturated rings. The van der Waals surface area contributed by atoms with Crippen molar-refractivity contribution < 1.29 is 14.5 Å². The molecule has 1 saturated heterocycles. The number of para-hydroxylation sites is 3. The van der Waals surface area contributed by atoms with E-state index < -0.39 is 5.54 Å². The highest BCUT2D eigenvalue weighted by molar-refractivity contribution is 7.18. The van der Waals surface area contributed by atoms with Gasteiger partial charge in [-0.05, 0) is 38.1 Å². The molecule has 0 spiro atoms. The van der Waals surface area contributed by atoms with Crippen LogP contribution in [0.3, 0.4) is 0 Å². The Bertz CT molecular complexity index is 1110. The van der Waals surface area contributed by atoms with Crippen LogP contribution in [0.1, 0.15) is 37.7 Å². The van der Waals surface area contributed by atoms with Crippen molar-refractivity contribution in [2.75, 3.05) is 23.3 Å². The smallest absolute Gasteiger partial charge is 0.283 e. The van der Waals surface area contributed by atoms with Crippen LogP contribution < -0.4 is 15.1 Å². The fourth-order valence-electron chi connectivity index (χ4n) is 4.63. The molecule has 2 amide bonds. The summed E-state index contributed by atoms with van der Waals surface area (Å²) in [5, 5.41) is 4.03. The number of thiazole rings is 1. The Morgan fingerprint density at radius 2 is 2.00 bits per heavy atom. The molecule has 154 valence electrons. The highest BCUT2D eigenvalue weighted by atomic mass is 32.1. The number of fused-ring (bicyclic) bond motifs is 2.